The standard InChI is InChI=1S/C27H35N2O9P.C24H31N2O9P.CH4/c1-17(2)34-26(31)18(3)16-39(32,38-20-11-7-6-8-12-20)33-15-21-22-23(37-27(4,5)36-22)25(35-21)29-13-9-10-19(14-29)24(28)30;1-15(2)33-24(30)16(3)14-36(31,35-18-9-5-4-6-10-18)32-13-19-20(27)21(28)23(34-19)26-11-7-8-17(12-26)22(25)29;/h6-14,17-18,21-23,25H,15-16H2,1-5H3,(H-,28,30);4-12,15-16,19-21,23,27-28H,13-14H2,1-3H3,(H-,25,29);1H4/p+2/t18-,21?,22-,23-,25-,39?;16-,19?,20-,21-,23-,36?;/m11./s1. The molecule has 0 saturated carbocycles. The molecule has 0 radical (unpaired) electrons. The lowest BCUT2D eigenvalue weighted by atomic mass is 10.1. The van der Waals surface area contributed by atoms with Crippen LogP contribution in [-0.2, 0) is 56.2 Å². The molecule has 2 aromatic carbocycles. The summed E-state index contributed by atoms with van der Waals surface area (Å²) in [6, 6.07) is 23.3. The minimum atomic E-state index is -3.95. The van der Waals surface area contributed by atoms with Gasteiger partial charge in [-0.15, -0.1) is 0 Å². The summed E-state index contributed by atoms with van der Waals surface area (Å²) in [5.74, 6) is -4.13. The molecule has 0 aliphatic carbocycles. The second kappa shape index (κ2) is 26.6. The number of fused-ring (bicyclic) bond motifs is 1. The zero-order chi connectivity index (χ0) is 54.8. The van der Waals surface area contributed by atoms with Gasteiger partial charge in [0.05, 0.1) is 49.6 Å². The van der Waals surface area contributed by atoms with Gasteiger partial charge >= 0.3 is 27.1 Å². The van der Waals surface area contributed by atoms with Crippen molar-refractivity contribution in [3.63, 3.8) is 0 Å². The van der Waals surface area contributed by atoms with Gasteiger partial charge in [-0.05, 0) is 77.9 Å². The van der Waals surface area contributed by atoms with E-state index in [2.05, 4.69) is 0 Å². The highest BCUT2D eigenvalue weighted by atomic mass is 31.2. The number of carbonyl (C=O) groups excluding carboxylic acids is 4. The van der Waals surface area contributed by atoms with Crippen LogP contribution in [0.4, 0.5) is 0 Å². The lowest BCUT2D eigenvalue weighted by molar-refractivity contribution is -0.766. The van der Waals surface area contributed by atoms with Gasteiger partial charge in [0.25, 0.3) is 24.3 Å². The maximum atomic E-state index is 14.0. The van der Waals surface area contributed by atoms with Crippen molar-refractivity contribution in [1.82, 2.24) is 0 Å². The summed E-state index contributed by atoms with van der Waals surface area (Å²) in [5, 5.41) is 21.1. The van der Waals surface area contributed by atoms with E-state index in [1.807, 2.05) is 0 Å². The lowest BCUT2D eigenvalue weighted by Gasteiger charge is -2.25. The number of aliphatic hydroxyl groups excluding tert-OH is 2. The summed E-state index contributed by atoms with van der Waals surface area (Å²) < 4.78 is 88.7. The molecule has 12 atom stereocenters. The minimum Gasteiger partial charge on any atom is -0.463 e. The third-order valence-electron chi connectivity index (χ3n) is 11.6. The first-order chi connectivity index (χ1) is 35.3. The van der Waals surface area contributed by atoms with Crippen LogP contribution < -0.4 is 29.6 Å². The Morgan fingerprint density at radius 3 is 1.45 bits per heavy atom. The highest BCUT2D eigenvalue weighted by molar-refractivity contribution is 7.54. The molecule has 24 heteroatoms. The number of amides is 2. The van der Waals surface area contributed by atoms with Crippen LogP contribution in [0, 0.1) is 11.8 Å². The molecular weight excluding hydrogens is 1030 g/mol. The molecule has 2 aromatic heterocycles. The van der Waals surface area contributed by atoms with Gasteiger partial charge in [-0.25, -0.2) is 9.13 Å². The number of nitrogens with zero attached hydrogens (tertiary/aromatic N) is 2. The Morgan fingerprint density at radius 2 is 1.01 bits per heavy atom. The topological polar surface area (TPSA) is 295 Å². The van der Waals surface area contributed by atoms with Crippen molar-refractivity contribution in [3.8, 4) is 11.5 Å². The molecule has 6 N–H and O–H groups in total. The Hall–Kier alpha value is -5.64. The van der Waals surface area contributed by atoms with Crippen molar-refractivity contribution in [2.45, 2.75) is 130 Å². The van der Waals surface area contributed by atoms with E-state index in [9.17, 15) is 38.5 Å². The van der Waals surface area contributed by atoms with Gasteiger partial charge in [0.1, 0.15) is 47.0 Å². The number of carbonyl (C=O) groups is 4. The van der Waals surface area contributed by atoms with Crippen molar-refractivity contribution in [3.05, 3.63) is 121 Å². The van der Waals surface area contributed by atoms with Crippen LogP contribution in [0.25, 0.3) is 0 Å². The lowest BCUT2D eigenvalue weighted by Crippen LogP contribution is -2.46. The SMILES string of the molecule is C.CC(C)OC(=O)[C@H](C)CP(=O)(OCC1O[C@@H]([n+]2cccc(C(N)=O)c2)[C@@H]2OC(C)(C)O[C@H]12)Oc1ccccc1.CC(C)OC(=O)[C@H](C)CP(=O)(OCC1O[C@@H]([n+]2cccc(C(N)=O)c2)[C@H](O)[C@@H]1O)Oc1ccccc1. The Kier molecular flexibility index (Phi) is 21.4. The van der Waals surface area contributed by atoms with E-state index in [0.717, 1.165) is 0 Å². The van der Waals surface area contributed by atoms with Crippen molar-refractivity contribution in [2.24, 2.45) is 23.3 Å². The molecule has 3 fully saturated rings. The number of aliphatic hydroxyl groups is 2. The van der Waals surface area contributed by atoms with Gasteiger partial charge in [0, 0.05) is 12.1 Å². The van der Waals surface area contributed by atoms with E-state index < -0.39 is 112 Å². The van der Waals surface area contributed by atoms with Crippen LogP contribution in [0.15, 0.2) is 110 Å². The third kappa shape index (κ3) is 16.7. The average molecular weight is 1100 g/mol. The number of hydrogen-bond donors (Lipinski definition) is 4. The molecule has 416 valence electrons. The van der Waals surface area contributed by atoms with Crippen molar-refractivity contribution in [2.75, 3.05) is 25.5 Å². The first kappa shape index (κ1) is 61.2. The zero-order valence-electron chi connectivity index (χ0n) is 43.0. The van der Waals surface area contributed by atoms with E-state index >= 15 is 0 Å². The fourth-order valence-electron chi connectivity index (χ4n) is 8.15. The number of primary amides is 2. The third-order valence-corrected chi connectivity index (χ3v) is 15.7. The molecule has 22 nitrogen and oxygen atoms in total. The van der Waals surface area contributed by atoms with Crippen LogP contribution in [-0.4, -0.2) is 114 Å². The predicted molar refractivity (Wildman–Crippen MR) is 272 cm³/mol. The summed E-state index contributed by atoms with van der Waals surface area (Å²) >= 11 is 0. The largest absolute Gasteiger partial charge is 0.463 e. The monoisotopic (exact) mass is 1100 g/mol. The molecule has 4 unspecified atom stereocenters. The van der Waals surface area contributed by atoms with Crippen LogP contribution >= 0.6 is 15.2 Å². The summed E-state index contributed by atoms with van der Waals surface area (Å²) in [4.78, 5) is 48.0. The first-order valence-electron chi connectivity index (χ1n) is 24.4. The van der Waals surface area contributed by atoms with Gasteiger partial charge in [0.2, 0.25) is 0 Å². The molecular formula is C52H72N4O18P2+2. The number of para-hydroxylation sites is 2. The Bertz CT molecular complexity index is 2680. The van der Waals surface area contributed by atoms with Gasteiger partial charge in [-0.3, -0.25) is 28.2 Å². The quantitative estimate of drug-likeness (QED) is 0.0425. The highest BCUT2D eigenvalue weighted by Crippen LogP contribution is 2.52. The number of hydrogen-bond acceptors (Lipinski definition) is 18. The minimum absolute atomic E-state index is 0. The average Bonchev–Trinajstić information content (AvgIpc) is 3.96. The maximum absolute atomic E-state index is 14.0. The first-order valence-corrected chi connectivity index (χ1v) is 27.8. The number of rotatable bonds is 22. The number of ether oxygens (including phenoxy) is 6. The molecule has 0 spiro atoms. The fraction of sp³-hybridized carbons (Fsp3) is 0.500. The summed E-state index contributed by atoms with van der Waals surface area (Å²) in [7, 11) is -7.82. The number of nitrogens with two attached hydrogens (primary N) is 2. The van der Waals surface area contributed by atoms with Gasteiger partial charge in [0.15, 0.2) is 42.8 Å². The number of pyridine rings is 2. The molecule has 5 heterocycles. The van der Waals surface area contributed by atoms with E-state index in [1.54, 1.807) is 157 Å². The molecule has 0 bridgehead atoms. The summed E-state index contributed by atoms with van der Waals surface area (Å²) in [6.45, 7) is 13.1. The van der Waals surface area contributed by atoms with Crippen molar-refractivity contribution in [1.29, 1.82) is 0 Å². The van der Waals surface area contributed by atoms with Crippen molar-refractivity contribution < 1.29 is 94.2 Å². The number of esters is 2. The van der Waals surface area contributed by atoms with Crippen molar-refractivity contribution >= 4 is 38.9 Å². The van der Waals surface area contributed by atoms with Gasteiger partial charge < -0.3 is 59.1 Å². The molecule has 3 saturated heterocycles. The van der Waals surface area contributed by atoms with Crippen LogP contribution in [0.5, 0.6) is 11.5 Å². The van der Waals surface area contributed by atoms with Crippen LogP contribution in [0.2, 0.25) is 0 Å². The molecule has 7 rings (SSSR count). The fourth-order valence-corrected chi connectivity index (χ4v) is 11.9. The second-order valence-electron chi connectivity index (χ2n) is 19.2. The van der Waals surface area contributed by atoms with Gasteiger partial charge in [-0.1, -0.05) is 57.7 Å². The Morgan fingerprint density at radius 1 is 0.605 bits per heavy atom. The molecule has 3 aliphatic rings. The highest BCUT2D eigenvalue weighted by Gasteiger charge is 2.60. The Balaban J connectivity index is 0.000000278. The summed E-state index contributed by atoms with van der Waals surface area (Å²) in [5.41, 5.74) is 11.3. The van der Waals surface area contributed by atoms with E-state index in [0.29, 0.717) is 11.3 Å². The maximum Gasteiger partial charge on any atom is 0.380 e. The second-order valence-corrected chi connectivity index (χ2v) is 23.3. The Labute approximate surface area is 442 Å². The van der Waals surface area contributed by atoms with E-state index in [4.69, 9.17) is 58.0 Å². The molecule has 76 heavy (non-hydrogen) atoms. The summed E-state index contributed by atoms with van der Waals surface area (Å²) in [6.07, 6.45) is -2.28. The molecule has 3 aliphatic heterocycles. The van der Waals surface area contributed by atoms with E-state index in [1.165, 1.54) is 16.8 Å². The number of benzene rings is 2. The smallest absolute Gasteiger partial charge is 0.380 e. The van der Waals surface area contributed by atoms with Crippen LogP contribution in [0.3, 0.4) is 0 Å². The molecule has 2 amide bonds. The normalized spacial score (nSPS) is 24.8. The number of aromatic nitrogens is 2. The predicted octanol–water partition coefficient (Wildman–Crippen LogP) is 5.57. The molecule has 4 aromatic rings. The zero-order valence-corrected chi connectivity index (χ0v) is 44.8. The van der Waals surface area contributed by atoms with E-state index in [-0.39, 0.29) is 49.9 Å². The van der Waals surface area contributed by atoms with Gasteiger partial charge in [-0.2, -0.15) is 9.13 Å². The van der Waals surface area contributed by atoms with Crippen LogP contribution in [0.1, 0.15) is 96.0 Å².